The molecule has 0 aliphatic carbocycles. The van der Waals surface area contributed by atoms with Crippen molar-refractivity contribution in [1.82, 2.24) is 10.2 Å². The highest BCUT2D eigenvalue weighted by molar-refractivity contribution is 5.83. The van der Waals surface area contributed by atoms with E-state index < -0.39 is 0 Å². The van der Waals surface area contributed by atoms with E-state index in [4.69, 9.17) is 0 Å². The Kier molecular flexibility index (Phi) is 1.88. The fourth-order valence-electron chi connectivity index (χ4n) is 2.08. The van der Waals surface area contributed by atoms with E-state index in [1.807, 2.05) is 6.20 Å². The van der Waals surface area contributed by atoms with E-state index in [1.54, 1.807) is 0 Å². The number of H-pyrrole nitrogens is 1. The first-order valence-electron chi connectivity index (χ1n) is 4.93. The van der Waals surface area contributed by atoms with Crippen molar-refractivity contribution < 1.29 is 0 Å². The lowest BCUT2D eigenvalue weighted by atomic mass is 9.83. The van der Waals surface area contributed by atoms with Gasteiger partial charge in [-0.1, -0.05) is 32.9 Å². The molecule has 1 aromatic carbocycles. The molecule has 2 nitrogen and oxygen atoms in total. The number of aromatic amines is 1. The Labute approximate surface area is 84.3 Å². The first-order chi connectivity index (χ1) is 6.50. The Balaban J connectivity index is 2.83. The van der Waals surface area contributed by atoms with Crippen LogP contribution >= 0.6 is 0 Å². The maximum absolute atomic E-state index is 4.09. The van der Waals surface area contributed by atoms with Crippen LogP contribution in [0, 0.1) is 6.92 Å². The van der Waals surface area contributed by atoms with Gasteiger partial charge in [-0.05, 0) is 23.5 Å². The van der Waals surface area contributed by atoms with Crippen molar-refractivity contribution in [1.29, 1.82) is 0 Å². The number of aromatic nitrogens is 2. The van der Waals surface area contributed by atoms with Gasteiger partial charge in [-0.15, -0.1) is 0 Å². The molecule has 2 heteroatoms. The summed E-state index contributed by atoms with van der Waals surface area (Å²) in [6.45, 7) is 8.85. The zero-order valence-electron chi connectivity index (χ0n) is 9.18. The van der Waals surface area contributed by atoms with Crippen LogP contribution in [0.1, 0.15) is 31.9 Å². The normalized spacial score (nSPS) is 12.3. The van der Waals surface area contributed by atoms with Crippen LogP contribution in [0.2, 0.25) is 0 Å². The summed E-state index contributed by atoms with van der Waals surface area (Å²) in [5.74, 6) is 0. The summed E-state index contributed by atoms with van der Waals surface area (Å²) in [5.41, 5.74) is 4.04. The predicted molar refractivity (Wildman–Crippen MR) is 59.5 cm³/mol. The van der Waals surface area contributed by atoms with E-state index >= 15 is 0 Å². The Morgan fingerprint density at radius 2 is 1.93 bits per heavy atom. The van der Waals surface area contributed by atoms with Crippen LogP contribution in [-0.4, -0.2) is 10.2 Å². The molecule has 0 spiro atoms. The van der Waals surface area contributed by atoms with Crippen molar-refractivity contribution >= 4 is 10.9 Å². The van der Waals surface area contributed by atoms with Gasteiger partial charge in [0, 0.05) is 5.39 Å². The number of fused-ring (bicyclic) bond motifs is 1. The third kappa shape index (κ3) is 1.31. The second-order valence-electron chi connectivity index (χ2n) is 4.84. The molecule has 0 atom stereocenters. The monoisotopic (exact) mass is 188 g/mol. The van der Waals surface area contributed by atoms with Gasteiger partial charge in [0.15, 0.2) is 0 Å². The van der Waals surface area contributed by atoms with Crippen LogP contribution in [0.5, 0.6) is 0 Å². The minimum atomic E-state index is 0.163. The molecule has 0 unspecified atom stereocenters. The van der Waals surface area contributed by atoms with E-state index in [1.165, 1.54) is 22.0 Å². The highest BCUT2D eigenvalue weighted by Gasteiger charge is 2.19. The average Bonchev–Trinajstić information content (AvgIpc) is 2.48. The van der Waals surface area contributed by atoms with Gasteiger partial charge in [0.2, 0.25) is 0 Å². The first-order valence-corrected chi connectivity index (χ1v) is 4.93. The van der Waals surface area contributed by atoms with Crippen molar-refractivity contribution in [3.05, 3.63) is 29.5 Å². The molecule has 0 saturated carbocycles. The number of benzene rings is 1. The molecule has 0 aliphatic heterocycles. The van der Waals surface area contributed by atoms with E-state index in [9.17, 15) is 0 Å². The van der Waals surface area contributed by atoms with Crippen LogP contribution < -0.4 is 0 Å². The number of aryl methyl sites for hydroxylation is 1. The number of nitrogens with zero attached hydrogens (tertiary/aromatic N) is 1. The maximum Gasteiger partial charge on any atom is 0.0690 e. The Morgan fingerprint density at radius 3 is 2.57 bits per heavy atom. The topological polar surface area (TPSA) is 28.7 Å². The molecule has 14 heavy (non-hydrogen) atoms. The van der Waals surface area contributed by atoms with Crippen molar-refractivity contribution in [2.45, 2.75) is 33.1 Å². The number of hydrogen-bond donors (Lipinski definition) is 1. The maximum atomic E-state index is 4.09. The molecule has 0 radical (unpaired) electrons. The molecule has 0 fully saturated rings. The second kappa shape index (κ2) is 2.84. The second-order valence-corrected chi connectivity index (χ2v) is 4.84. The fourth-order valence-corrected chi connectivity index (χ4v) is 2.08. The zero-order valence-corrected chi connectivity index (χ0v) is 9.18. The molecule has 1 heterocycles. The first kappa shape index (κ1) is 9.25. The summed E-state index contributed by atoms with van der Waals surface area (Å²) < 4.78 is 0. The molecule has 74 valence electrons. The van der Waals surface area contributed by atoms with Gasteiger partial charge in [-0.3, -0.25) is 5.10 Å². The lowest BCUT2D eigenvalue weighted by molar-refractivity contribution is 0.590. The minimum absolute atomic E-state index is 0.163. The van der Waals surface area contributed by atoms with Crippen LogP contribution in [0.15, 0.2) is 18.3 Å². The van der Waals surface area contributed by atoms with Crippen LogP contribution in [0.25, 0.3) is 10.9 Å². The molecular weight excluding hydrogens is 172 g/mol. The van der Waals surface area contributed by atoms with E-state index in [-0.39, 0.29) is 5.41 Å². The SMILES string of the molecule is Cc1ccc2cn[nH]c2c1C(C)(C)C. The predicted octanol–water partition coefficient (Wildman–Crippen LogP) is 3.17. The highest BCUT2D eigenvalue weighted by Crippen LogP contribution is 2.31. The zero-order chi connectivity index (χ0) is 10.3. The van der Waals surface area contributed by atoms with E-state index in [0.717, 1.165) is 0 Å². The molecule has 2 aromatic rings. The lowest BCUT2D eigenvalue weighted by Gasteiger charge is -2.22. The van der Waals surface area contributed by atoms with Gasteiger partial charge in [0.05, 0.1) is 11.7 Å². The van der Waals surface area contributed by atoms with Gasteiger partial charge in [-0.2, -0.15) is 5.10 Å². The summed E-state index contributed by atoms with van der Waals surface area (Å²) >= 11 is 0. The van der Waals surface area contributed by atoms with Crippen LogP contribution in [0.4, 0.5) is 0 Å². The molecule has 0 aliphatic rings. The Morgan fingerprint density at radius 1 is 1.21 bits per heavy atom. The van der Waals surface area contributed by atoms with Gasteiger partial charge < -0.3 is 0 Å². The van der Waals surface area contributed by atoms with Crippen LogP contribution in [0.3, 0.4) is 0 Å². The van der Waals surface area contributed by atoms with Gasteiger partial charge >= 0.3 is 0 Å². The van der Waals surface area contributed by atoms with Crippen molar-refractivity contribution in [2.75, 3.05) is 0 Å². The summed E-state index contributed by atoms with van der Waals surface area (Å²) in [4.78, 5) is 0. The number of rotatable bonds is 0. The molecule has 1 aromatic heterocycles. The van der Waals surface area contributed by atoms with Gasteiger partial charge in [0.25, 0.3) is 0 Å². The van der Waals surface area contributed by atoms with Crippen molar-refractivity contribution in [3.8, 4) is 0 Å². The largest absolute Gasteiger partial charge is 0.278 e. The van der Waals surface area contributed by atoms with Gasteiger partial charge in [-0.25, -0.2) is 0 Å². The Hall–Kier alpha value is -1.31. The van der Waals surface area contributed by atoms with Crippen molar-refractivity contribution in [3.63, 3.8) is 0 Å². The summed E-state index contributed by atoms with van der Waals surface area (Å²) in [5, 5.41) is 8.37. The molecular formula is C12H16N2. The molecule has 0 amide bonds. The summed E-state index contributed by atoms with van der Waals surface area (Å²) in [6.07, 6.45) is 1.88. The third-order valence-corrected chi connectivity index (χ3v) is 2.58. The molecule has 1 N–H and O–H groups in total. The Bertz CT molecular complexity index is 461. The average molecular weight is 188 g/mol. The fraction of sp³-hybridized carbons (Fsp3) is 0.417. The van der Waals surface area contributed by atoms with Gasteiger partial charge in [0.1, 0.15) is 0 Å². The number of nitrogens with one attached hydrogen (secondary N) is 1. The van der Waals surface area contributed by atoms with Crippen LogP contribution in [-0.2, 0) is 5.41 Å². The molecule has 0 saturated heterocycles. The minimum Gasteiger partial charge on any atom is -0.278 e. The number of hydrogen-bond acceptors (Lipinski definition) is 1. The van der Waals surface area contributed by atoms with E-state index in [2.05, 4.69) is 50.0 Å². The smallest absolute Gasteiger partial charge is 0.0690 e. The third-order valence-electron chi connectivity index (χ3n) is 2.58. The van der Waals surface area contributed by atoms with Crippen molar-refractivity contribution in [2.24, 2.45) is 0 Å². The molecule has 2 rings (SSSR count). The highest BCUT2D eigenvalue weighted by atomic mass is 15.1. The quantitative estimate of drug-likeness (QED) is 0.676. The summed E-state index contributed by atoms with van der Waals surface area (Å²) in [7, 11) is 0. The standard InChI is InChI=1S/C12H16N2/c1-8-5-6-9-7-13-14-11(9)10(8)12(2,3)4/h5-7H,1-4H3,(H,13,14). The molecule has 0 bridgehead atoms. The lowest BCUT2D eigenvalue weighted by Crippen LogP contribution is -2.13. The summed E-state index contributed by atoms with van der Waals surface area (Å²) in [6, 6.07) is 4.28. The van der Waals surface area contributed by atoms with E-state index in [0.29, 0.717) is 0 Å².